The summed E-state index contributed by atoms with van der Waals surface area (Å²) in [5, 5.41) is 3.41. The van der Waals surface area contributed by atoms with Gasteiger partial charge in [0.05, 0.1) is 16.7 Å². The van der Waals surface area contributed by atoms with E-state index in [0.717, 1.165) is 42.1 Å². The van der Waals surface area contributed by atoms with Crippen molar-refractivity contribution in [2.75, 3.05) is 13.1 Å². The molecule has 0 saturated carbocycles. The van der Waals surface area contributed by atoms with E-state index in [1.54, 1.807) is 12.4 Å². The summed E-state index contributed by atoms with van der Waals surface area (Å²) in [7, 11) is 0. The highest BCUT2D eigenvalue weighted by atomic mass is 15.1. The number of rotatable bonds is 3. The smallest absolute Gasteiger partial charge is 0.160 e. The van der Waals surface area contributed by atoms with Crippen molar-refractivity contribution in [2.45, 2.75) is 12.8 Å². The second-order valence-corrected chi connectivity index (χ2v) is 5.49. The zero-order chi connectivity index (χ0) is 14.1. The fourth-order valence-electron chi connectivity index (χ4n) is 2.99. The number of hydrogen-bond acceptors (Lipinski definition) is 4. The van der Waals surface area contributed by atoms with E-state index in [0.29, 0.717) is 5.92 Å². The summed E-state index contributed by atoms with van der Waals surface area (Å²) in [5.74, 6) is 1.55. The lowest BCUT2D eigenvalue weighted by atomic mass is 10.0. The summed E-state index contributed by atoms with van der Waals surface area (Å²) in [4.78, 5) is 13.6. The number of nitrogens with one attached hydrogen (secondary N) is 1. The molecule has 5 nitrogen and oxygen atoms in total. The van der Waals surface area contributed by atoms with E-state index in [1.165, 1.54) is 6.42 Å². The molecule has 1 aromatic carbocycles. The molecule has 1 fully saturated rings. The lowest BCUT2D eigenvalue weighted by Crippen LogP contribution is -2.13. The van der Waals surface area contributed by atoms with Gasteiger partial charge in [-0.1, -0.05) is 12.1 Å². The molecule has 0 bridgehead atoms. The second kappa shape index (κ2) is 5.26. The maximum atomic E-state index is 4.57. The van der Waals surface area contributed by atoms with Gasteiger partial charge >= 0.3 is 0 Å². The minimum Gasteiger partial charge on any atom is -0.316 e. The van der Waals surface area contributed by atoms with Crippen LogP contribution in [0.2, 0.25) is 0 Å². The molecular weight excluding hydrogens is 262 g/mol. The fourth-order valence-corrected chi connectivity index (χ4v) is 2.99. The molecule has 5 heteroatoms. The average molecular weight is 279 g/mol. The Bertz CT molecular complexity index is 758. The van der Waals surface area contributed by atoms with Crippen molar-refractivity contribution in [3.63, 3.8) is 0 Å². The Labute approximate surface area is 123 Å². The van der Waals surface area contributed by atoms with Gasteiger partial charge in [0.2, 0.25) is 0 Å². The summed E-state index contributed by atoms with van der Waals surface area (Å²) in [6, 6.07) is 8.11. The van der Waals surface area contributed by atoms with E-state index < -0.39 is 0 Å². The molecule has 3 aromatic rings. The molecule has 106 valence electrons. The topological polar surface area (TPSA) is 55.6 Å². The highest BCUT2D eigenvalue weighted by molar-refractivity contribution is 5.76. The molecule has 0 aliphatic carbocycles. The first kappa shape index (κ1) is 12.5. The lowest BCUT2D eigenvalue weighted by molar-refractivity contribution is 0.568. The van der Waals surface area contributed by atoms with Gasteiger partial charge in [0.25, 0.3) is 0 Å². The average Bonchev–Trinajstić information content (AvgIpc) is 3.17. The molecule has 2 aromatic heterocycles. The molecule has 0 radical (unpaired) electrons. The summed E-state index contributed by atoms with van der Waals surface area (Å²) < 4.78 is 2.04. The highest BCUT2D eigenvalue weighted by Crippen LogP contribution is 2.21. The van der Waals surface area contributed by atoms with Crippen molar-refractivity contribution in [3.8, 4) is 5.82 Å². The minimum atomic E-state index is 0.648. The van der Waals surface area contributed by atoms with Crippen LogP contribution in [0.1, 0.15) is 12.1 Å². The van der Waals surface area contributed by atoms with Gasteiger partial charge in [0, 0.05) is 12.4 Å². The number of nitrogens with zero attached hydrogens (tertiary/aromatic N) is 4. The van der Waals surface area contributed by atoms with Crippen molar-refractivity contribution in [2.24, 2.45) is 5.92 Å². The number of para-hydroxylation sites is 2. The molecule has 1 aliphatic rings. The summed E-state index contributed by atoms with van der Waals surface area (Å²) in [6.07, 6.45) is 7.54. The van der Waals surface area contributed by atoms with Crippen LogP contribution in [-0.2, 0) is 6.42 Å². The van der Waals surface area contributed by atoms with Crippen LogP contribution in [-0.4, -0.2) is 32.6 Å². The third-order valence-corrected chi connectivity index (χ3v) is 4.08. The molecule has 0 spiro atoms. The predicted octanol–water partition coefficient (Wildman–Crippen LogP) is 1.97. The van der Waals surface area contributed by atoms with E-state index in [-0.39, 0.29) is 0 Å². The van der Waals surface area contributed by atoms with Crippen LogP contribution >= 0.6 is 0 Å². The van der Waals surface area contributed by atoms with Gasteiger partial charge in [0.1, 0.15) is 6.33 Å². The van der Waals surface area contributed by atoms with Crippen LogP contribution in [0.5, 0.6) is 0 Å². The lowest BCUT2D eigenvalue weighted by Gasteiger charge is -2.12. The van der Waals surface area contributed by atoms with Gasteiger partial charge in [-0.05, 0) is 44.0 Å². The molecule has 1 atom stereocenters. The zero-order valence-electron chi connectivity index (χ0n) is 11.7. The van der Waals surface area contributed by atoms with E-state index in [2.05, 4.69) is 26.3 Å². The fraction of sp³-hybridized carbons (Fsp3) is 0.312. The van der Waals surface area contributed by atoms with E-state index >= 15 is 0 Å². The molecule has 1 aliphatic heterocycles. The molecule has 4 rings (SSSR count). The van der Waals surface area contributed by atoms with Gasteiger partial charge in [-0.2, -0.15) is 0 Å². The molecule has 1 saturated heterocycles. The second-order valence-electron chi connectivity index (χ2n) is 5.49. The Morgan fingerprint density at radius 1 is 1.14 bits per heavy atom. The van der Waals surface area contributed by atoms with E-state index in [9.17, 15) is 0 Å². The highest BCUT2D eigenvalue weighted by Gasteiger charge is 2.19. The van der Waals surface area contributed by atoms with Gasteiger partial charge in [0.15, 0.2) is 5.82 Å². The van der Waals surface area contributed by atoms with Crippen LogP contribution in [0.4, 0.5) is 0 Å². The van der Waals surface area contributed by atoms with Crippen molar-refractivity contribution in [1.82, 2.24) is 24.8 Å². The predicted molar refractivity (Wildman–Crippen MR) is 81.3 cm³/mol. The first-order valence-electron chi connectivity index (χ1n) is 7.35. The van der Waals surface area contributed by atoms with Gasteiger partial charge in [-0.25, -0.2) is 9.97 Å². The number of aromatic nitrogens is 4. The van der Waals surface area contributed by atoms with Crippen molar-refractivity contribution in [1.29, 1.82) is 0 Å². The molecule has 1 unspecified atom stereocenters. The van der Waals surface area contributed by atoms with Gasteiger partial charge < -0.3 is 5.32 Å². The number of imidazole rings is 1. The molecular formula is C16H17N5. The first-order chi connectivity index (χ1) is 10.4. The first-order valence-corrected chi connectivity index (χ1v) is 7.35. The SMILES string of the molecule is c1ccc2c(c1)ncn2-c1nccnc1CC1CCNC1. The summed E-state index contributed by atoms with van der Waals surface area (Å²) >= 11 is 0. The van der Waals surface area contributed by atoms with E-state index in [4.69, 9.17) is 0 Å². The van der Waals surface area contributed by atoms with Gasteiger partial charge in [-0.15, -0.1) is 0 Å². The Balaban J connectivity index is 1.77. The Kier molecular flexibility index (Phi) is 3.12. The Hall–Kier alpha value is -2.27. The Morgan fingerprint density at radius 3 is 2.95 bits per heavy atom. The van der Waals surface area contributed by atoms with E-state index in [1.807, 2.05) is 29.1 Å². The molecule has 21 heavy (non-hydrogen) atoms. The maximum absolute atomic E-state index is 4.57. The van der Waals surface area contributed by atoms with Crippen molar-refractivity contribution in [3.05, 3.63) is 48.7 Å². The maximum Gasteiger partial charge on any atom is 0.160 e. The Morgan fingerprint density at radius 2 is 2.05 bits per heavy atom. The monoisotopic (exact) mass is 279 g/mol. The third kappa shape index (κ3) is 2.29. The third-order valence-electron chi connectivity index (χ3n) is 4.08. The normalized spacial score (nSPS) is 18.4. The van der Waals surface area contributed by atoms with Crippen LogP contribution in [0.15, 0.2) is 43.0 Å². The zero-order valence-corrected chi connectivity index (χ0v) is 11.7. The van der Waals surface area contributed by atoms with Crippen molar-refractivity contribution < 1.29 is 0 Å². The van der Waals surface area contributed by atoms with Gasteiger partial charge in [-0.3, -0.25) is 9.55 Å². The van der Waals surface area contributed by atoms with Crippen LogP contribution in [0.25, 0.3) is 16.9 Å². The van der Waals surface area contributed by atoms with Crippen molar-refractivity contribution >= 4 is 11.0 Å². The van der Waals surface area contributed by atoms with Crippen LogP contribution in [0, 0.1) is 5.92 Å². The molecule has 1 N–H and O–H groups in total. The quantitative estimate of drug-likeness (QED) is 0.796. The molecule has 3 heterocycles. The number of fused-ring (bicyclic) bond motifs is 1. The van der Waals surface area contributed by atoms with Crippen LogP contribution < -0.4 is 5.32 Å². The molecule has 0 amide bonds. The number of benzene rings is 1. The number of hydrogen-bond donors (Lipinski definition) is 1. The standard InChI is InChI=1S/C16H17N5/c1-2-4-15-13(3-1)20-11-21(15)16-14(18-7-8-19-16)9-12-5-6-17-10-12/h1-4,7-8,11-12,17H,5-6,9-10H2. The minimum absolute atomic E-state index is 0.648. The summed E-state index contributed by atoms with van der Waals surface area (Å²) in [6.45, 7) is 2.18. The largest absolute Gasteiger partial charge is 0.316 e. The van der Waals surface area contributed by atoms with Crippen LogP contribution in [0.3, 0.4) is 0 Å². The summed E-state index contributed by atoms with van der Waals surface area (Å²) in [5.41, 5.74) is 3.11.